The fraction of sp³-hybridized carbons (Fsp3) is 0.867. The van der Waals surface area contributed by atoms with Gasteiger partial charge in [-0.15, -0.1) is 0 Å². The Morgan fingerprint density at radius 3 is 2.60 bits per heavy atom. The summed E-state index contributed by atoms with van der Waals surface area (Å²) in [5, 5.41) is 14.6. The van der Waals surface area contributed by atoms with E-state index in [-0.39, 0.29) is 18.5 Å². The van der Waals surface area contributed by atoms with Crippen molar-refractivity contribution in [3.63, 3.8) is 0 Å². The number of hydrogen-bond donors (Lipinski definition) is 3. The molecule has 0 aromatic carbocycles. The number of amides is 2. The monoisotopic (exact) mass is 284 g/mol. The van der Waals surface area contributed by atoms with Crippen molar-refractivity contribution < 1.29 is 14.7 Å². The molecule has 5 nitrogen and oxygen atoms in total. The van der Waals surface area contributed by atoms with Crippen molar-refractivity contribution in [2.45, 2.75) is 77.3 Å². The van der Waals surface area contributed by atoms with Gasteiger partial charge in [0.25, 0.3) is 0 Å². The Morgan fingerprint density at radius 1 is 1.30 bits per heavy atom. The van der Waals surface area contributed by atoms with Crippen LogP contribution < -0.4 is 10.6 Å². The van der Waals surface area contributed by atoms with Crippen molar-refractivity contribution in [2.24, 2.45) is 5.92 Å². The summed E-state index contributed by atoms with van der Waals surface area (Å²) in [5.41, 5.74) is -0.499. The second-order valence-electron chi connectivity index (χ2n) is 6.51. The molecule has 2 amide bonds. The van der Waals surface area contributed by atoms with Gasteiger partial charge in [-0.3, -0.25) is 4.79 Å². The van der Waals surface area contributed by atoms with Gasteiger partial charge in [0, 0.05) is 18.0 Å². The predicted octanol–water partition coefficient (Wildman–Crippen LogP) is 2.90. The number of carbonyl (C=O) groups excluding carboxylic acids is 1. The first kappa shape index (κ1) is 16.8. The van der Waals surface area contributed by atoms with Crippen LogP contribution in [-0.4, -0.2) is 28.7 Å². The van der Waals surface area contributed by atoms with Crippen LogP contribution in [0.5, 0.6) is 0 Å². The Hall–Kier alpha value is -1.26. The fourth-order valence-electron chi connectivity index (χ4n) is 2.80. The maximum Gasteiger partial charge on any atom is 0.315 e. The molecule has 0 aromatic heterocycles. The second kappa shape index (κ2) is 7.50. The quantitative estimate of drug-likeness (QED) is 0.701. The third-order valence-electron chi connectivity index (χ3n) is 4.11. The van der Waals surface area contributed by atoms with Crippen molar-refractivity contribution in [3.8, 4) is 0 Å². The van der Waals surface area contributed by atoms with Gasteiger partial charge in [0.05, 0.1) is 0 Å². The molecule has 0 heterocycles. The second-order valence-corrected chi connectivity index (χ2v) is 6.51. The van der Waals surface area contributed by atoms with Gasteiger partial charge in [0.2, 0.25) is 0 Å². The van der Waals surface area contributed by atoms with Gasteiger partial charge in [-0.05, 0) is 39.0 Å². The Bertz CT molecular complexity index is 342. The molecule has 0 saturated heterocycles. The van der Waals surface area contributed by atoms with Gasteiger partial charge in [-0.2, -0.15) is 0 Å². The minimum absolute atomic E-state index is 0.0641. The SMILES string of the molecule is CCC1CCCC(NC(=O)NC(C)(C)CCC(=O)O)C1. The van der Waals surface area contributed by atoms with E-state index in [4.69, 9.17) is 5.11 Å². The molecule has 2 unspecified atom stereocenters. The number of carboxylic acids is 1. The van der Waals surface area contributed by atoms with Crippen molar-refractivity contribution in [1.29, 1.82) is 0 Å². The average molecular weight is 284 g/mol. The Balaban J connectivity index is 2.36. The third kappa shape index (κ3) is 6.26. The molecule has 1 saturated carbocycles. The zero-order valence-corrected chi connectivity index (χ0v) is 12.9. The van der Waals surface area contributed by atoms with Crippen LogP contribution >= 0.6 is 0 Å². The molecule has 2 atom stereocenters. The summed E-state index contributed by atoms with van der Waals surface area (Å²) in [5.74, 6) is -0.118. The molecule has 1 fully saturated rings. The molecule has 0 radical (unpaired) electrons. The number of aliphatic carboxylic acids is 1. The van der Waals surface area contributed by atoms with E-state index in [9.17, 15) is 9.59 Å². The summed E-state index contributed by atoms with van der Waals surface area (Å²) in [6, 6.07) is 0.0751. The van der Waals surface area contributed by atoms with Gasteiger partial charge in [0.1, 0.15) is 0 Å². The summed E-state index contributed by atoms with van der Waals surface area (Å²) >= 11 is 0. The summed E-state index contributed by atoms with van der Waals surface area (Å²) in [6.45, 7) is 5.90. The molecule has 1 aliphatic rings. The lowest BCUT2D eigenvalue weighted by molar-refractivity contribution is -0.137. The number of urea groups is 1. The Morgan fingerprint density at radius 2 is 2.00 bits per heavy atom. The molecule has 0 aliphatic heterocycles. The lowest BCUT2D eigenvalue weighted by Crippen LogP contribution is -2.51. The maximum absolute atomic E-state index is 12.0. The standard InChI is InChI=1S/C15H28N2O3/c1-4-11-6-5-7-12(10-11)16-14(20)17-15(2,3)9-8-13(18)19/h11-12H,4-10H2,1-3H3,(H,18,19)(H2,16,17,20). The fourth-order valence-corrected chi connectivity index (χ4v) is 2.80. The van der Waals surface area contributed by atoms with Crippen LogP contribution in [0.15, 0.2) is 0 Å². The minimum atomic E-state index is -0.835. The molecule has 0 aromatic rings. The Labute approximate surface area is 121 Å². The normalized spacial score (nSPS) is 23.1. The molecule has 116 valence electrons. The molecule has 0 spiro atoms. The summed E-state index contributed by atoms with van der Waals surface area (Å²) < 4.78 is 0. The van der Waals surface area contributed by atoms with E-state index in [1.807, 2.05) is 13.8 Å². The van der Waals surface area contributed by atoms with E-state index < -0.39 is 11.5 Å². The number of carboxylic acid groups (broad SMARTS) is 1. The highest BCUT2D eigenvalue weighted by Gasteiger charge is 2.25. The minimum Gasteiger partial charge on any atom is -0.481 e. The molecule has 0 bridgehead atoms. The van der Waals surface area contributed by atoms with E-state index in [1.54, 1.807) is 0 Å². The van der Waals surface area contributed by atoms with Gasteiger partial charge in [-0.25, -0.2) is 4.79 Å². The van der Waals surface area contributed by atoms with Crippen LogP contribution in [-0.2, 0) is 4.79 Å². The van der Waals surface area contributed by atoms with Crippen molar-refractivity contribution in [1.82, 2.24) is 10.6 Å². The van der Waals surface area contributed by atoms with Crippen LogP contribution in [0.4, 0.5) is 4.79 Å². The van der Waals surface area contributed by atoms with E-state index in [1.165, 1.54) is 19.3 Å². The largest absolute Gasteiger partial charge is 0.481 e. The van der Waals surface area contributed by atoms with Crippen LogP contribution in [0.3, 0.4) is 0 Å². The van der Waals surface area contributed by atoms with E-state index in [2.05, 4.69) is 17.6 Å². The first-order valence-electron chi connectivity index (χ1n) is 7.63. The van der Waals surface area contributed by atoms with Crippen LogP contribution in [0.2, 0.25) is 0 Å². The average Bonchev–Trinajstić information content (AvgIpc) is 2.36. The number of carbonyl (C=O) groups is 2. The lowest BCUT2D eigenvalue weighted by Gasteiger charge is -2.31. The number of hydrogen-bond acceptors (Lipinski definition) is 2. The highest BCUT2D eigenvalue weighted by molar-refractivity contribution is 5.75. The Kier molecular flexibility index (Phi) is 6.30. The van der Waals surface area contributed by atoms with E-state index >= 15 is 0 Å². The molecular weight excluding hydrogens is 256 g/mol. The van der Waals surface area contributed by atoms with Crippen molar-refractivity contribution in [3.05, 3.63) is 0 Å². The molecule has 1 aliphatic carbocycles. The highest BCUT2D eigenvalue weighted by Crippen LogP contribution is 2.26. The smallest absolute Gasteiger partial charge is 0.315 e. The van der Waals surface area contributed by atoms with Gasteiger partial charge in [0.15, 0.2) is 0 Å². The lowest BCUT2D eigenvalue weighted by atomic mass is 9.84. The van der Waals surface area contributed by atoms with Crippen LogP contribution in [0.1, 0.15) is 65.7 Å². The van der Waals surface area contributed by atoms with Crippen molar-refractivity contribution in [2.75, 3.05) is 0 Å². The van der Waals surface area contributed by atoms with Gasteiger partial charge in [-0.1, -0.05) is 26.2 Å². The molecule has 20 heavy (non-hydrogen) atoms. The number of rotatable bonds is 6. The summed E-state index contributed by atoms with van der Waals surface area (Å²) in [7, 11) is 0. The first-order valence-corrected chi connectivity index (χ1v) is 7.63. The summed E-state index contributed by atoms with van der Waals surface area (Å²) in [4.78, 5) is 22.6. The zero-order chi connectivity index (χ0) is 15.2. The molecule has 1 rings (SSSR count). The zero-order valence-electron chi connectivity index (χ0n) is 12.9. The van der Waals surface area contributed by atoms with Gasteiger partial charge < -0.3 is 15.7 Å². The van der Waals surface area contributed by atoms with Crippen LogP contribution in [0.25, 0.3) is 0 Å². The summed E-state index contributed by atoms with van der Waals surface area (Å²) in [6.07, 6.45) is 6.20. The van der Waals surface area contributed by atoms with Gasteiger partial charge >= 0.3 is 12.0 Å². The predicted molar refractivity (Wildman–Crippen MR) is 78.7 cm³/mol. The molecule has 5 heteroatoms. The highest BCUT2D eigenvalue weighted by atomic mass is 16.4. The molecule has 3 N–H and O–H groups in total. The first-order chi connectivity index (χ1) is 9.32. The third-order valence-corrected chi connectivity index (χ3v) is 4.11. The van der Waals surface area contributed by atoms with Crippen LogP contribution in [0, 0.1) is 5.92 Å². The van der Waals surface area contributed by atoms with E-state index in [0.29, 0.717) is 12.3 Å². The number of nitrogens with one attached hydrogen (secondary N) is 2. The topological polar surface area (TPSA) is 78.4 Å². The molecular formula is C15H28N2O3. The van der Waals surface area contributed by atoms with E-state index in [0.717, 1.165) is 12.8 Å². The maximum atomic E-state index is 12.0. The van der Waals surface area contributed by atoms with Crippen molar-refractivity contribution >= 4 is 12.0 Å².